The van der Waals surface area contributed by atoms with Gasteiger partial charge in [0.05, 0.1) is 18.2 Å². The summed E-state index contributed by atoms with van der Waals surface area (Å²) in [5.41, 5.74) is 3.48. The van der Waals surface area contributed by atoms with Gasteiger partial charge in [-0.05, 0) is 48.4 Å². The first-order valence-corrected chi connectivity index (χ1v) is 10.7. The summed E-state index contributed by atoms with van der Waals surface area (Å²) in [6.45, 7) is 1.44. The number of amides is 1. The van der Waals surface area contributed by atoms with Crippen LogP contribution in [0.3, 0.4) is 0 Å². The summed E-state index contributed by atoms with van der Waals surface area (Å²) in [6, 6.07) is 19.8. The number of hydrogen-bond acceptors (Lipinski definition) is 8. The molecule has 0 bridgehead atoms. The maximum Gasteiger partial charge on any atom is 0.336 e. The minimum Gasteiger partial charge on any atom is -0.493 e. The van der Waals surface area contributed by atoms with Crippen LogP contribution in [-0.2, 0) is 9.59 Å². The zero-order valence-electron chi connectivity index (χ0n) is 19.5. The van der Waals surface area contributed by atoms with Crippen LogP contribution >= 0.6 is 0 Å². The molecule has 0 radical (unpaired) electrons. The Bertz CT molecular complexity index is 1290. The fraction of sp³-hybridized carbons (Fsp3) is 0.115. The summed E-state index contributed by atoms with van der Waals surface area (Å²) in [4.78, 5) is 34.9. The molecule has 0 saturated heterocycles. The number of carbonyl (C=O) groups is 2. The number of hydrazone groups is 1. The van der Waals surface area contributed by atoms with Crippen LogP contribution in [0, 0.1) is 10.1 Å². The highest BCUT2D eigenvalue weighted by Gasteiger charge is 2.20. The molecular weight excluding hydrogens is 466 g/mol. The third-order valence-electron chi connectivity index (χ3n) is 4.73. The molecule has 0 saturated carbocycles. The van der Waals surface area contributed by atoms with Gasteiger partial charge in [0.1, 0.15) is 0 Å². The molecule has 0 aliphatic heterocycles. The average molecular weight is 489 g/mol. The van der Waals surface area contributed by atoms with Gasteiger partial charge in [0, 0.05) is 12.1 Å². The van der Waals surface area contributed by atoms with Crippen molar-refractivity contribution < 1.29 is 28.7 Å². The third kappa shape index (κ3) is 7.26. The van der Waals surface area contributed by atoms with Gasteiger partial charge < -0.3 is 14.2 Å². The molecule has 0 heterocycles. The smallest absolute Gasteiger partial charge is 0.336 e. The number of nitro benzene ring substituents is 1. The van der Waals surface area contributed by atoms with E-state index in [1.54, 1.807) is 24.3 Å². The van der Waals surface area contributed by atoms with Crippen LogP contribution in [0.2, 0.25) is 0 Å². The second kappa shape index (κ2) is 12.5. The summed E-state index contributed by atoms with van der Waals surface area (Å²) in [5, 5.41) is 15.0. The second-order valence-electron chi connectivity index (χ2n) is 7.29. The lowest BCUT2D eigenvalue weighted by Crippen LogP contribution is -2.33. The summed E-state index contributed by atoms with van der Waals surface area (Å²) in [5.74, 6) is -0.694. The van der Waals surface area contributed by atoms with Crippen molar-refractivity contribution in [2.75, 3.05) is 7.11 Å². The lowest BCUT2D eigenvalue weighted by atomic mass is 10.2. The number of nitro groups is 1. The minimum absolute atomic E-state index is 0.0254. The molecule has 0 unspecified atom stereocenters. The molecule has 1 atom stereocenters. The van der Waals surface area contributed by atoms with Gasteiger partial charge in [0.15, 0.2) is 23.4 Å². The van der Waals surface area contributed by atoms with Crippen molar-refractivity contribution in [2.45, 2.75) is 13.0 Å². The molecule has 1 N–H and O–H groups in total. The first-order valence-electron chi connectivity index (χ1n) is 10.7. The summed E-state index contributed by atoms with van der Waals surface area (Å²) >= 11 is 0. The van der Waals surface area contributed by atoms with Crippen molar-refractivity contribution in [1.29, 1.82) is 0 Å². The maximum atomic E-state index is 12.3. The number of ether oxygens (including phenoxy) is 3. The topological polar surface area (TPSA) is 129 Å². The van der Waals surface area contributed by atoms with Crippen molar-refractivity contribution in [3.05, 3.63) is 100 Å². The molecule has 0 aliphatic carbocycles. The Morgan fingerprint density at radius 3 is 2.42 bits per heavy atom. The van der Waals surface area contributed by atoms with E-state index in [9.17, 15) is 19.7 Å². The van der Waals surface area contributed by atoms with Gasteiger partial charge in [-0.25, -0.2) is 10.2 Å². The first-order chi connectivity index (χ1) is 17.4. The predicted octanol–water partition coefficient (Wildman–Crippen LogP) is 4.14. The molecule has 36 heavy (non-hydrogen) atoms. The monoisotopic (exact) mass is 489 g/mol. The van der Waals surface area contributed by atoms with Crippen LogP contribution in [0.25, 0.3) is 6.08 Å². The Balaban J connectivity index is 1.58. The normalized spacial score (nSPS) is 11.7. The van der Waals surface area contributed by atoms with Gasteiger partial charge in [-0.3, -0.25) is 14.9 Å². The first kappa shape index (κ1) is 25.6. The Morgan fingerprint density at radius 1 is 0.972 bits per heavy atom. The van der Waals surface area contributed by atoms with Gasteiger partial charge in [-0.1, -0.05) is 42.5 Å². The summed E-state index contributed by atoms with van der Waals surface area (Å²) in [6.07, 6.45) is 3.27. The molecule has 10 heteroatoms. The Morgan fingerprint density at radius 2 is 1.69 bits per heavy atom. The molecule has 0 aromatic heterocycles. The van der Waals surface area contributed by atoms with E-state index in [0.29, 0.717) is 11.3 Å². The number of nitrogens with one attached hydrogen (secondary N) is 1. The van der Waals surface area contributed by atoms with Crippen molar-refractivity contribution in [1.82, 2.24) is 5.43 Å². The highest BCUT2D eigenvalue weighted by Crippen LogP contribution is 2.28. The van der Waals surface area contributed by atoms with Crippen LogP contribution in [0.4, 0.5) is 5.69 Å². The van der Waals surface area contributed by atoms with E-state index in [2.05, 4.69) is 10.5 Å². The van der Waals surface area contributed by atoms with Crippen LogP contribution in [0.15, 0.2) is 84.0 Å². The van der Waals surface area contributed by atoms with E-state index in [4.69, 9.17) is 14.2 Å². The molecule has 3 aromatic carbocycles. The van der Waals surface area contributed by atoms with E-state index in [-0.39, 0.29) is 17.2 Å². The minimum atomic E-state index is -1.04. The van der Waals surface area contributed by atoms with Crippen molar-refractivity contribution in [3.63, 3.8) is 0 Å². The van der Waals surface area contributed by atoms with Crippen molar-refractivity contribution >= 4 is 29.9 Å². The van der Waals surface area contributed by atoms with E-state index >= 15 is 0 Å². The molecule has 10 nitrogen and oxygen atoms in total. The maximum absolute atomic E-state index is 12.3. The van der Waals surface area contributed by atoms with Gasteiger partial charge in [0.25, 0.3) is 5.91 Å². The van der Waals surface area contributed by atoms with Crippen LogP contribution in [-0.4, -0.2) is 36.2 Å². The number of methoxy groups -OCH3 is 1. The van der Waals surface area contributed by atoms with Gasteiger partial charge >= 0.3 is 11.7 Å². The number of nitrogens with zero attached hydrogens (tertiary/aromatic N) is 2. The molecule has 0 aliphatic rings. The number of hydrogen-bond donors (Lipinski definition) is 1. The number of carbonyl (C=O) groups excluding carboxylic acids is 2. The van der Waals surface area contributed by atoms with E-state index < -0.39 is 22.9 Å². The number of para-hydroxylation sites is 2. The van der Waals surface area contributed by atoms with E-state index in [1.165, 1.54) is 50.6 Å². The number of benzene rings is 3. The Kier molecular flexibility index (Phi) is 8.88. The quantitative estimate of drug-likeness (QED) is 0.113. The van der Waals surface area contributed by atoms with Crippen LogP contribution in [0.5, 0.6) is 17.2 Å². The largest absolute Gasteiger partial charge is 0.493 e. The zero-order valence-corrected chi connectivity index (χ0v) is 19.5. The second-order valence-corrected chi connectivity index (χ2v) is 7.29. The predicted molar refractivity (Wildman–Crippen MR) is 133 cm³/mol. The lowest BCUT2D eigenvalue weighted by molar-refractivity contribution is -0.386. The SMILES string of the molecule is COc1cc(/C=N\NC(=O)[C@@H](C)Oc2ccccc2[N+](=O)[O-])ccc1OC(=O)/C=C/c1ccccc1. The van der Waals surface area contributed by atoms with E-state index in [1.807, 2.05) is 30.3 Å². The highest BCUT2D eigenvalue weighted by molar-refractivity contribution is 5.89. The Labute approximate surface area is 207 Å². The van der Waals surface area contributed by atoms with Crippen molar-refractivity contribution in [3.8, 4) is 17.2 Å². The molecule has 1 amide bonds. The Hall–Kier alpha value is -4.99. The van der Waals surface area contributed by atoms with Crippen LogP contribution < -0.4 is 19.6 Å². The summed E-state index contributed by atoms with van der Waals surface area (Å²) < 4.78 is 16.0. The third-order valence-corrected chi connectivity index (χ3v) is 4.73. The standard InChI is InChI=1S/C26H23N3O7/c1-18(35-22-11-7-6-10-21(22)29(32)33)26(31)28-27-17-20-12-14-23(24(16-20)34-2)36-25(30)15-13-19-8-4-3-5-9-19/h3-18H,1-2H3,(H,28,31)/b15-13+,27-17-/t18-/m1/s1. The van der Waals surface area contributed by atoms with E-state index in [0.717, 1.165) is 5.56 Å². The van der Waals surface area contributed by atoms with Gasteiger partial charge in [0.2, 0.25) is 0 Å². The fourth-order valence-electron chi connectivity index (χ4n) is 2.93. The summed E-state index contributed by atoms with van der Waals surface area (Å²) in [7, 11) is 1.43. The average Bonchev–Trinajstić information content (AvgIpc) is 2.89. The number of rotatable bonds is 10. The molecular formula is C26H23N3O7. The molecule has 3 rings (SSSR count). The highest BCUT2D eigenvalue weighted by atomic mass is 16.6. The molecule has 184 valence electrons. The zero-order chi connectivity index (χ0) is 25.9. The lowest BCUT2D eigenvalue weighted by Gasteiger charge is -2.12. The van der Waals surface area contributed by atoms with Crippen LogP contribution in [0.1, 0.15) is 18.1 Å². The fourth-order valence-corrected chi connectivity index (χ4v) is 2.93. The number of esters is 1. The van der Waals surface area contributed by atoms with Gasteiger partial charge in [-0.2, -0.15) is 5.10 Å². The van der Waals surface area contributed by atoms with Gasteiger partial charge in [-0.15, -0.1) is 0 Å². The molecule has 0 fully saturated rings. The van der Waals surface area contributed by atoms with Crippen molar-refractivity contribution in [2.24, 2.45) is 5.10 Å². The molecule has 0 spiro atoms. The molecule has 3 aromatic rings.